The first-order valence-corrected chi connectivity index (χ1v) is 10.7. The summed E-state index contributed by atoms with van der Waals surface area (Å²) in [5, 5.41) is 0. The number of aryl methyl sites for hydroxylation is 1. The van der Waals surface area contributed by atoms with Crippen LogP contribution in [0.2, 0.25) is 0 Å². The molecule has 1 aromatic heterocycles. The SMILES string of the molecule is CCCCCC[C@@H](C)Oc1ccc(-c2ncc(CC[C@@H](C)CC)cn2)cc1. The van der Waals surface area contributed by atoms with Crippen molar-refractivity contribution in [2.45, 2.75) is 85.2 Å². The number of hydrogen-bond acceptors (Lipinski definition) is 3. The third-order valence-electron chi connectivity index (χ3n) is 5.24. The van der Waals surface area contributed by atoms with Gasteiger partial charge in [-0.2, -0.15) is 0 Å². The van der Waals surface area contributed by atoms with Crippen molar-refractivity contribution in [1.82, 2.24) is 9.97 Å². The third kappa shape index (κ3) is 7.70. The summed E-state index contributed by atoms with van der Waals surface area (Å²) in [5.41, 5.74) is 2.25. The standard InChI is InChI=1S/C24H36N2O/c1-5-7-8-9-10-20(4)27-23-15-13-22(14-16-23)24-25-17-21(18-26-24)12-11-19(3)6-2/h13-20H,5-12H2,1-4H3/t19-,20+/m0/s1. The number of aromatic nitrogens is 2. The van der Waals surface area contributed by atoms with E-state index < -0.39 is 0 Å². The van der Waals surface area contributed by atoms with Gasteiger partial charge in [0.05, 0.1) is 6.10 Å². The molecule has 0 aliphatic carbocycles. The second kappa shape index (κ2) is 11.7. The van der Waals surface area contributed by atoms with Gasteiger partial charge in [-0.05, 0) is 68.4 Å². The van der Waals surface area contributed by atoms with Gasteiger partial charge in [0, 0.05) is 18.0 Å². The summed E-state index contributed by atoms with van der Waals surface area (Å²) >= 11 is 0. The van der Waals surface area contributed by atoms with E-state index >= 15 is 0 Å². The quantitative estimate of drug-likeness (QED) is 0.384. The maximum Gasteiger partial charge on any atom is 0.159 e. The fraction of sp³-hybridized carbons (Fsp3) is 0.583. The molecule has 0 bridgehead atoms. The molecule has 148 valence electrons. The number of unbranched alkanes of at least 4 members (excludes halogenated alkanes) is 3. The number of benzene rings is 1. The first-order valence-electron chi connectivity index (χ1n) is 10.7. The Morgan fingerprint density at radius 1 is 0.889 bits per heavy atom. The van der Waals surface area contributed by atoms with E-state index in [0.717, 1.165) is 35.9 Å². The Morgan fingerprint density at radius 2 is 1.59 bits per heavy atom. The lowest BCUT2D eigenvalue weighted by atomic mass is 10.0. The van der Waals surface area contributed by atoms with Crippen molar-refractivity contribution in [2.24, 2.45) is 5.92 Å². The van der Waals surface area contributed by atoms with Gasteiger partial charge in [0.15, 0.2) is 5.82 Å². The van der Waals surface area contributed by atoms with Crippen LogP contribution in [0.4, 0.5) is 0 Å². The molecule has 2 aromatic rings. The van der Waals surface area contributed by atoms with Crippen LogP contribution >= 0.6 is 0 Å². The van der Waals surface area contributed by atoms with Crippen LogP contribution in [-0.2, 0) is 6.42 Å². The van der Waals surface area contributed by atoms with E-state index in [0.29, 0.717) is 0 Å². The lowest BCUT2D eigenvalue weighted by molar-refractivity contribution is 0.206. The molecule has 0 amide bonds. The molecule has 0 saturated heterocycles. The number of hydrogen-bond donors (Lipinski definition) is 0. The highest BCUT2D eigenvalue weighted by atomic mass is 16.5. The van der Waals surface area contributed by atoms with Crippen molar-refractivity contribution in [3.05, 3.63) is 42.2 Å². The molecule has 0 N–H and O–H groups in total. The molecule has 1 heterocycles. The van der Waals surface area contributed by atoms with Crippen molar-refractivity contribution in [2.75, 3.05) is 0 Å². The highest BCUT2D eigenvalue weighted by Crippen LogP contribution is 2.21. The number of nitrogens with zero attached hydrogens (tertiary/aromatic N) is 2. The topological polar surface area (TPSA) is 35.0 Å². The van der Waals surface area contributed by atoms with E-state index in [1.165, 1.54) is 44.1 Å². The Bertz CT molecular complexity index is 636. The number of ether oxygens (including phenoxy) is 1. The Kier molecular flexibility index (Phi) is 9.30. The Labute approximate surface area is 165 Å². The zero-order valence-electron chi connectivity index (χ0n) is 17.6. The first-order chi connectivity index (χ1) is 13.1. The monoisotopic (exact) mass is 368 g/mol. The second-order valence-electron chi connectivity index (χ2n) is 7.77. The van der Waals surface area contributed by atoms with Crippen molar-refractivity contribution in [1.29, 1.82) is 0 Å². The first kappa shape index (κ1) is 21.4. The second-order valence-corrected chi connectivity index (χ2v) is 7.77. The molecule has 0 aliphatic rings. The molecular weight excluding hydrogens is 332 g/mol. The van der Waals surface area contributed by atoms with Crippen LogP contribution in [0.3, 0.4) is 0 Å². The minimum Gasteiger partial charge on any atom is -0.491 e. The Hall–Kier alpha value is -1.90. The normalized spacial score (nSPS) is 13.3. The minimum atomic E-state index is 0.258. The summed E-state index contributed by atoms with van der Waals surface area (Å²) in [4.78, 5) is 9.10. The summed E-state index contributed by atoms with van der Waals surface area (Å²) < 4.78 is 6.03. The number of rotatable bonds is 12. The van der Waals surface area contributed by atoms with Crippen LogP contribution in [0, 0.1) is 5.92 Å². The average Bonchev–Trinajstić information content (AvgIpc) is 2.70. The van der Waals surface area contributed by atoms with E-state index in [-0.39, 0.29) is 6.10 Å². The molecule has 1 aromatic carbocycles. The minimum absolute atomic E-state index is 0.258. The summed E-state index contributed by atoms with van der Waals surface area (Å²) in [7, 11) is 0. The predicted molar refractivity (Wildman–Crippen MR) is 114 cm³/mol. The van der Waals surface area contributed by atoms with Gasteiger partial charge < -0.3 is 4.74 Å². The highest BCUT2D eigenvalue weighted by Gasteiger charge is 2.07. The third-order valence-corrected chi connectivity index (χ3v) is 5.24. The van der Waals surface area contributed by atoms with Crippen molar-refractivity contribution in [3.63, 3.8) is 0 Å². The fourth-order valence-electron chi connectivity index (χ4n) is 3.08. The van der Waals surface area contributed by atoms with Crippen LogP contribution in [-0.4, -0.2) is 16.1 Å². The maximum atomic E-state index is 6.03. The van der Waals surface area contributed by atoms with Gasteiger partial charge in [0.2, 0.25) is 0 Å². The molecular formula is C24H36N2O. The van der Waals surface area contributed by atoms with Crippen molar-refractivity contribution >= 4 is 0 Å². The fourth-order valence-corrected chi connectivity index (χ4v) is 3.08. The van der Waals surface area contributed by atoms with Gasteiger partial charge in [0.25, 0.3) is 0 Å². The van der Waals surface area contributed by atoms with Crippen LogP contribution in [0.25, 0.3) is 11.4 Å². The van der Waals surface area contributed by atoms with Crippen molar-refractivity contribution in [3.8, 4) is 17.1 Å². The van der Waals surface area contributed by atoms with Gasteiger partial charge in [-0.25, -0.2) is 9.97 Å². The molecule has 0 spiro atoms. The van der Waals surface area contributed by atoms with Gasteiger partial charge in [-0.3, -0.25) is 0 Å². The van der Waals surface area contributed by atoms with E-state index in [4.69, 9.17) is 4.74 Å². The molecule has 27 heavy (non-hydrogen) atoms. The molecule has 3 heteroatoms. The summed E-state index contributed by atoms with van der Waals surface area (Å²) in [6.07, 6.45) is 13.9. The summed E-state index contributed by atoms with van der Waals surface area (Å²) in [6.45, 7) is 8.93. The lowest BCUT2D eigenvalue weighted by Gasteiger charge is -2.14. The largest absolute Gasteiger partial charge is 0.491 e. The van der Waals surface area contributed by atoms with Crippen molar-refractivity contribution < 1.29 is 4.74 Å². The smallest absolute Gasteiger partial charge is 0.159 e. The highest BCUT2D eigenvalue weighted by molar-refractivity contribution is 5.55. The van der Waals surface area contributed by atoms with E-state index in [9.17, 15) is 0 Å². The maximum absolute atomic E-state index is 6.03. The Balaban J connectivity index is 1.85. The average molecular weight is 369 g/mol. The predicted octanol–water partition coefficient (Wildman–Crippen LogP) is 6.86. The van der Waals surface area contributed by atoms with E-state index in [1.54, 1.807) is 0 Å². The molecule has 0 aliphatic heterocycles. The van der Waals surface area contributed by atoms with Crippen LogP contribution in [0.1, 0.15) is 78.2 Å². The zero-order chi connectivity index (χ0) is 19.5. The van der Waals surface area contributed by atoms with Crippen LogP contribution in [0.5, 0.6) is 5.75 Å². The Morgan fingerprint density at radius 3 is 2.22 bits per heavy atom. The van der Waals surface area contributed by atoms with Crippen LogP contribution in [0.15, 0.2) is 36.7 Å². The van der Waals surface area contributed by atoms with Gasteiger partial charge in [-0.1, -0.05) is 46.5 Å². The van der Waals surface area contributed by atoms with E-state index in [2.05, 4.69) is 37.7 Å². The molecule has 0 saturated carbocycles. The summed E-state index contributed by atoms with van der Waals surface area (Å²) in [5.74, 6) is 2.46. The molecule has 0 unspecified atom stereocenters. The van der Waals surface area contributed by atoms with Gasteiger partial charge >= 0.3 is 0 Å². The zero-order valence-corrected chi connectivity index (χ0v) is 17.6. The molecule has 0 fully saturated rings. The molecule has 0 radical (unpaired) electrons. The van der Waals surface area contributed by atoms with Gasteiger partial charge in [-0.15, -0.1) is 0 Å². The molecule has 2 atom stereocenters. The van der Waals surface area contributed by atoms with Crippen LogP contribution < -0.4 is 4.74 Å². The lowest BCUT2D eigenvalue weighted by Crippen LogP contribution is -2.11. The van der Waals surface area contributed by atoms with Gasteiger partial charge in [0.1, 0.15) is 5.75 Å². The molecule has 3 nitrogen and oxygen atoms in total. The molecule has 2 rings (SSSR count). The summed E-state index contributed by atoms with van der Waals surface area (Å²) in [6, 6.07) is 8.15. The van der Waals surface area contributed by atoms with E-state index in [1.807, 2.05) is 36.7 Å².